The lowest BCUT2D eigenvalue weighted by molar-refractivity contribution is 0.415. The minimum atomic E-state index is 0.372. The number of rotatable bonds is 3. The Hall–Kier alpha value is -1.85. The lowest BCUT2D eigenvalue weighted by Crippen LogP contribution is -2.11. The molecule has 2 aromatic rings. The average Bonchev–Trinajstić information content (AvgIpc) is 2.37. The maximum atomic E-state index is 6.08. The van der Waals surface area contributed by atoms with E-state index in [1.54, 1.807) is 19.2 Å². The summed E-state index contributed by atoms with van der Waals surface area (Å²) in [6.07, 6.45) is 0. The molecule has 94 valence electrons. The molecule has 0 aliphatic rings. The second-order valence-electron chi connectivity index (χ2n) is 3.71. The van der Waals surface area contributed by atoms with Crippen molar-refractivity contribution in [2.75, 3.05) is 12.5 Å². The maximum Gasteiger partial charge on any atom is 0.237 e. The normalized spacial score (nSPS) is 10.2. The minimum absolute atomic E-state index is 0.372. The van der Waals surface area contributed by atoms with Gasteiger partial charge in [0.1, 0.15) is 5.75 Å². The number of anilines is 1. The van der Waals surface area contributed by atoms with Crippen LogP contribution in [0.25, 0.3) is 11.3 Å². The van der Waals surface area contributed by atoms with E-state index in [0.29, 0.717) is 16.7 Å². The number of hydrogen-bond donors (Lipinski definition) is 2. The first kappa shape index (κ1) is 12.6. The van der Waals surface area contributed by atoms with Crippen LogP contribution in [0.3, 0.4) is 0 Å². The highest BCUT2D eigenvalue weighted by Gasteiger charge is 2.07. The van der Waals surface area contributed by atoms with Crippen molar-refractivity contribution in [3.63, 3.8) is 0 Å². The van der Waals surface area contributed by atoms with Crippen molar-refractivity contribution >= 4 is 17.5 Å². The molecular weight excluding hydrogens is 252 g/mol. The average molecular weight is 265 g/mol. The van der Waals surface area contributed by atoms with Gasteiger partial charge in [0.2, 0.25) is 5.95 Å². The van der Waals surface area contributed by atoms with Crippen LogP contribution >= 0.6 is 11.6 Å². The molecule has 0 aliphatic heterocycles. The predicted molar refractivity (Wildman–Crippen MR) is 71.6 cm³/mol. The molecule has 0 atom stereocenters. The predicted octanol–water partition coefficient (Wildman–Crippen LogP) is 2.40. The molecule has 0 bridgehead atoms. The zero-order valence-electron chi connectivity index (χ0n) is 10.1. The highest BCUT2D eigenvalue weighted by Crippen LogP contribution is 2.29. The van der Waals surface area contributed by atoms with Crippen molar-refractivity contribution in [1.82, 2.24) is 9.97 Å². The van der Waals surface area contributed by atoms with Gasteiger partial charge in [0.05, 0.1) is 17.8 Å². The van der Waals surface area contributed by atoms with Gasteiger partial charge in [-0.3, -0.25) is 5.43 Å². The quantitative estimate of drug-likeness (QED) is 0.658. The van der Waals surface area contributed by atoms with Crippen LogP contribution < -0.4 is 16.0 Å². The maximum absolute atomic E-state index is 6.08. The van der Waals surface area contributed by atoms with E-state index in [2.05, 4.69) is 15.4 Å². The second-order valence-corrected chi connectivity index (χ2v) is 4.12. The molecule has 6 heteroatoms. The molecule has 0 saturated carbocycles. The summed E-state index contributed by atoms with van der Waals surface area (Å²) in [4.78, 5) is 8.40. The Morgan fingerprint density at radius 2 is 2.06 bits per heavy atom. The molecule has 0 saturated heterocycles. The molecule has 0 unspecified atom stereocenters. The van der Waals surface area contributed by atoms with Crippen molar-refractivity contribution in [3.8, 4) is 17.0 Å². The fourth-order valence-electron chi connectivity index (χ4n) is 1.61. The summed E-state index contributed by atoms with van der Waals surface area (Å²) >= 11 is 6.08. The Morgan fingerprint density at radius 1 is 1.28 bits per heavy atom. The number of aromatic nitrogens is 2. The van der Waals surface area contributed by atoms with Crippen molar-refractivity contribution in [3.05, 3.63) is 35.0 Å². The Labute approximate surface area is 110 Å². The highest BCUT2D eigenvalue weighted by molar-refractivity contribution is 6.32. The van der Waals surface area contributed by atoms with E-state index in [4.69, 9.17) is 22.2 Å². The van der Waals surface area contributed by atoms with Gasteiger partial charge in [-0.05, 0) is 31.2 Å². The van der Waals surface area contributed by atoms with Crippen LogP contribution in [0.5, 0.6) is 5.75 Å². The van der Waals surface area contributed by atoms with Gasteiger partial charge in [-0.1, -0.05) is 11.6 Å². The SMILES string of the molecule is COc1ccc(-c2cc(C)nc(NN)n2)cc1Cl. The molecule has 0 spiro atoms. The van der Waals surface area contributed by atoms with Crippen LogP contribution in [0, 0.1) is 6.92 Å². The lowest BCUT2D eigenvalue weighted by atomic mass is 10.1. The van der Waals surface area contributed by atoms with E-state index in [0.717, 1.165) is 17.0 Å². The van der Waals surface area contributed by atoms with Crippen molar-refractivity contribution in [2.24, 2.45) is 5.84 Å². The van der Waals surface area contributed by atoms with Crippen molar-refractivity contribution in [1.29, 1.82) is 0 Å². The summed E-state index contributed by atoms with van der Waals surface area (Å²) in [6.45, 7) is 1.87. The molecule has 1 heterocycles. The van der Waals surface area contributed by atoms with Crippen molar-refractivity contribution in [2.45, 2.75) is 6.92 Å². The zero-order chi connectivity index (χ0) is 13.1. The smallest absolute Gasteiger partial charge is 0.237 e. The van der Waals surface area contributed by atoms with Gasteiger partial charge in [0, 0.05) is 11.3 Å². The third kappa shape index (κ3) is 2.52. The number of hydrogen-bond acceptors (Lipinski definition) is 5. The van der Waals surface area contributed by atoms with E-state index in [1.807, 2.05) is 19.1 Å². The minimum Gasteiger partial charge on any atom is -0.495 e. The van der Waals surface area contributed by atoms with Gasteiger partial charge in [-0.15, -0.1) is 0 Å². The van der Waals surface area contributed by atoms with Crippen LogP contribution in [0.1, 0.15) is 5.69 Å². The van der Waals surface area contributed by atoms with Gasteiger partial charge in [0.25, 0.3) is 0 Å². The molecule has 5 nitrogen and oxygen atoms in total. The van der Waals surface area contributed by atoms with Crippen LogP contribution in [0.15, 0.2) is 24.3 Å². The fraction of sp³-hybridized carbons (Fsp3) is 0.167. The molecule has 3 N–H and O–H groups in total. The summed E-state index contributed by atoms with van der Waals surface area (Å²) in [5, 5.41) is 0.536. The molecule has 1 aromatic carbocycles. The van der Waals surface area contributed by atoms with E-state index in [1.165, 1.54) is 0 Å². The fourth-order valence-corrected chi connectivity index (χ4v) is 1.86. The number of ether oxygens (including phenoxy) is 1. The summed E-state index contributed by atoms with van der Waals surface area (Å²) in [7, 11) is 1.58. The summed E-state index contributed by atoms with van der Waals surface area (Å²) < 4.78 is 5.11. The Balaban J connectivity index is 2.48. The number of nitrogens with zero attached hydrogens (tertiary/aromatic N) is 2. The Bertz CT molecular complexity index is 574. The lowest BCUT2D eigenvalue weighted by Gasteiger charge is -2.07. The first-order valence-corrected chi connectivity index (χ1v) is 5.68. The van der Waals surface area contributed by atoms with E-state index < -0.39 is 0 Å². The molecule has 0 amide bonds. The van der Waals surface area contributed by atoms with Gasteiger partial charge < -0.3 is 4.74 Å². The van der Waals surface area contributed by atoms with Gasteiger partial charge in [0.15, 0.2) is 0 Å². The Morgan fingerprint density at radius 3 is 2.67 bits per heavy atom. The third-order valence-electron chi connectivity index (χ3n) is 2.43. The number of nitrogens with two attached hydrogens (primary N) is 1. The molecule has 1 aromatic heterocycles. The number of nitrogens with one attached hydrogen (secondary N) is 1. The van der Waals surface area contributed by atoms with E-state index in [-0.39, 0.29) is 0 Å². The first-order valence-electron chi connectivity index (χ1n) is 5.30. The number of aryl methyl sites for hydroxylation is 1. The van der Waals surface area contributed by atoms with Crippen LogP contribution in [-0.4, -0.2) is 17.1 Å². The number of hydrazine groups is 1. The van der Waals surface area contributed by atoms with Crippen LogP contribution in [0.4, 0.5) is 5.95 Å². The van der Waals surface area contributed by atoms with Crippen LogP contribution in [0.2, 0.25) is 5.02 Å². The van der Waals surface area contributed by atoms with Gasteiger partial charge >= 0.3 is 0 Å². The van der Waals surface area contributed by atoms with Gasteiger partial charge in [-0.2, -0.15) is 0 Å². The van der Waals surface area contributed by atoms with Crippen LogP contribution in [-0.2, 0) is 0 Å². The van der Waals surface area contributed by atoms with Crippen molar-refractivity contribution < 1.29 is 4.74 Å². The molecule has 0 fully saturated rings. The molecule has 2 rings (SSSR count). The molecule has 18 heavy (non-hydrogen) atoms. The summed E-state index contributed by atoms with van der Waals surface area (Å²) in [5.41, 5.74) is 4.88. The van der Waals surface area contributed by atoms with Gasteiger partial charge in [-0.25, -0.2) is 15.8 Å². The Kier molecular flexibility index (Phi) is 3.64. The monoisotopic (exact) mass is 264 g/mol. The highest BCUT2D eigenvalue weighted by atomic mass is 35.5. The topological polar surface area (TPSA) is 73.1 Å². The standard InChI is InChI=1S/C12H13ClN4O/c1-7-5-10(16-12(15-7)17-14)8-3-4-11(18-2)9(13)6-8/h3-6H,14H2,1-2H3,(H,15,16,17). The van der Waals surface area contributed by atoms with E-state index >= 15 is 0 Å². The number of benzene rings is 1. The molecule has 0 radical (unpaired) electrons. The number of nitrogen functional groups attached to an aromatic ring is 1. The number of halogens is 1. The molecule has 0 aliphatic carbocycles. The largest absolute Gasteiger partial charge is 0.495 e. The molecular formula is C12H13ClN4O. The second kappa shape index (κ2) is 5.20. The summed E-state index contributed by atoms with van der Waals surface area (Å²) in [6, 6.07) is 7.33. The zero-order valence-corrected chi connectivity index (χ0v) is 10.8. The van der Waals surface area contributed by atoms with E-state index in [9.17, 15) is 0 Å². The third-order valence-corrected chi connectivity index (χ3v) is 2.73. The number of methoxy groups -OCH3 is 1. The first-order chi connectivity index (χ1) is 8.63. The summed E-state index contributed by atoms with van der Waals surface area (Å²) in [5.74, 6) is 6.32.